The largest absolute Gasteiger partial charge is 0.492 e. The number of rotatable bonds is 8. The lowest BCUT2D eigenvalue weighted by molar-refractivity contribution is -0.127. The molecule has 3 aromatic rings. The van der Waals surface area contributed by atoms with Crippen LogP contribution in [-0.2, 0) is 11.2 Å². The predicted octanol–water partition coefficient (Wildman–Crippen LogP) is 3.59. The number of halogens is 5. The number of nitrogens with zero attached hydrogens (tertiary/aromatic N) is 2. The van der Waals surface area contributed by atoms with Crippen LogP contribution in [0.15, 0.2) is 24.4 Å². The lowest BCUT2D eigenvalue weighted by Crippen LogP contribution is -2.38. The summed E-state index contributed by atoms with van der Waals surface area (Å²) in [6, 6.07) is 4.85. The minimum Gasteiger partial charge on any atom is -0.492 e. The molecule has 36 heavy (non-hydrogen) atoms. The molecule has 1 amide bonds. The Hall–Kier alpha value is -3.84. The Kier molecular flexibility index (Phi) is 7.31. The van der Waals surface area contributed by atoms with Gasteiger partial charge in [0.1, 0.15) is 16.5 Å². The number of carbonyl (C=O) groups excluding carboxylic acids is 1. The molecule has 0 spiro atoms. The van der Waals surface area contributed by atoms with Crippen LogP contribution in [0.1, 0.15) is 5.56 Å². The number of anilines is 4. The van der Waals surface area contributed by atoms with Gasteiger partial charge in [0.15, 0.2) is 35.1 Å². The van der Waals surface area contributed by atoms with E-state index in [9.17, 15) is 22.4 Å². The van der Waals surface area contributed by atoms with E-state index in [-0.39, 0.29) is 31.4 Å². The monoisotopic (exact) mass is 527 g/mol. The fourth-order valence-corrected chi connectivity index (χ4v) is 3.68. The Morgan fingerprint density at radius 1 is 1.22 bits per heavy atom. The zero-order chi connectivity index (χ0) is 26.0. The maximum atomic E-state index is 14.5. The zero-order valence-electron chi connectivity index (χ0n) is 18.5. The van der Waals surface area contributed by atoms with Crippen molar-refractivity contribution in [2.24, 2.45) is 0 Å². The molecule has 0 fully saturated rings. The van der Waals surface area contributed by atoms with Gasteiger partial charge in [0, 0.05) is 24.2 Å². The molecule has 4 N–H and O–H groups in total. The minimum absolute atomic E-state index is 0.100. The summed E-state index contributed by atoms with van der Waals surface area (Å²) in [7, 11) is 0.982. The number of aromatic nitrogens is 2. The van der Waals surface area contributed by atoms with Gasteiger partial charge in [0.2, 0.25) is 11.8 Å². The number of ether oxygens (including phenoxy) is 2. The third-order valence-electron chi connectivity index (χ3n) is 5.11. The molecule has 4 rings (SSSR count). The van der Waals surface area contributed by atoms with Crippen LogP contribution in [0.4, 0.5) is 40.7 Å². The van der Waals surface area contributed by atoms with Gasteiger partial charge in [-0.3, -0.25) is 4.79 Å². The fraction of sp³-hybridized carbons (Fsp3) is 0.227. The Labute approximate surface area is 206 Å². The molecule has 0 saturated carbocycles. The summed E-state index contributed by atoms with van der Waals surface area (Å²) >= 11 is 5.69. The van der Waals surface area contributed by atoms with Crippen molar-refractivity contribution in [2.75, 3.05) is 30.9 Å². The van der Waals surface area contributed by atoms with Crippen molar-refractivity contribution < 1.29 is 36.9 Å². The molecule has 1 unspecified atom stereocenters. The van der Waals surface area contributed by atoms with E-state index in [1.807, 2.05) is 0 Å². The average molecular weight is 528 g/mol. The Morgan fingerprint density at radius 3 is 2.72 bits per heavy atom. The number of fused-ring (bicyclic) bond motifs is 1. The van der Waals surface area contributed by atoms with Gasteiger partial charge in [0.05, 0.1) is 19.9 Å². The molecule has 2 aromatic carbocycles. The summed E-state index contributed by atoms with van der Waals surface area (Å²) in [6.07, 6.45) is 0.246. The van der Waals surface area contributed by atoms with Crippen LogP contribution in [0.2, 0.25) is 5.02 Å². The first kappa shape index (κ1) is 25.3. The normalized spacial score (nSPS) is 14.1. The molecule has 1 aliphatic rings. The van der Waals surface area contributed by atoms with E-state index < -0.39 is 51.7 Å². The lowest BCUT2D eigenvalue weighted by atomic mass is 10.1. The summed E-state index contributed by atoms with van der Waals surface area (Å²) in [6.45, 7) is -0.100. The third kappa shape index (κ3) is 4.93. The van der Waals surface area contributed by atoms with Crippen molar-refractivity contribution in [2.45, 2.75) is 12.5 Å². The second-order valence-corrected chi connectivity index (χ2v) is 7.83. The van der Waals surface area contributed by atoms with Gasteiger partial charge in [-0.05, 0) is 18.2 Å². The number of aliphatic hydroxyl groups excluding tert-OH is 1. The van der Waals surface area contributed by atoms with Crippen molar-refractivity contribution in [1.82, 2.24) is 15.3 Å². The first-order valence-electron chi connectivity index (χ1n) is 10.4. The van der Waals surface area contributed by atoms with E-state index in [0.717, 1.165) is 13.3 Å². The van der Waals surface area contributed by atoms with Crippen LogP contribution in [0.5, 0.6) is 11.5 Å². The van der Waals surface area contributed by atoms with Crippen LogP contribution in [0.25, 0.3) is 0 Å². The number of hydrogen-bond acceptors (Lipinski definition) is 8. The second-order valence-electron chi connectivity index (χ2n) is 7.45. The molecule has 2 heterocycles. The van der Waals surface area contributed by atoms with Gasteiger partial charge < -0.3 is 30.5 Å². The summed E-state index contributed by atoms with van der Waals surface area (Å²) < 4.78 is 67.5. The quantitative estimate of drug-likeness (QED) is 0.259. The Bertz CT molecular complexity index is 1300. The molecule has 0 aliphatic carbocycles. The zero-order valence-corrected chi connectivity index (χ0v) is 19.2. The molecule has 1 aromatic heterocycles. The molecular formula is C22H18ClF4N5O4. The first-order valence-corrected chi connectivity index (χ1v) is 10.8. The summed E-state index contributed by atoms with van der Waals surface area (Å²) in [5, 5.41) is 15.4. The van der Waals surface area contributed by atoms with Crippen LogP contribution in [0.3, 0.4) is 0 Å². The molecule has 190 valence electrons. The molecule has 0 radical (unpaired) electrons. The van der Waals surface area contributed by atoms with E-state index in [4.69, 9.17) is 21.4 Å². The lowest BCUT2D eigenvalue weighted by Gasteiger charge is -2.14. The smallest absolute Gasteiger partial charge is 0.261 e. The Balaban J connectivity index is 1.54. The van der Waals surface area contributed by atoms with E-state index in [1.165, 1.54) is 0 Å². The maximum Gasteiger partial charge on any atom is 0.261 e. The van der Waals surface area contributed by atoms with Crippen LogP contribution in [0, 0.1) is 23.3 Å². The highest BCUT2D eigenvalue weighted by Gasteiger charge is 2.29. The van der Waals surface area contributed by atoms with Gasteiger partial charge in [-0.2, -0.15) is 9.37 Å². The van der Waals surface area contributed by atoms with Crippen LogP contribution >= 0.6 is 11.6 Å². The van der Waals surface area contributed by atoms with Crippen molar-refractivity contribution in [3.8, 4) is 11.5 Å². The van der Waals surface area contributed by atoms with Gasteiger partial charge in [-0.15, -0.1) is 0 Å². The highest BCUT2D eigenvalue weighted by molar-refractivity contribution is 6.32. The number of hydrogen-bond donors (Lipinski definition) is 4. The van der Waals surface area contributed by atoms with Crippen molar-refractivity contribution >= 4 is 40.6 Å². The SMILES string of the molecule is COc1c(F)c(F)c(Nc2nc(Nc3ccc4c(c3)CC(C(=O)NCCO)O4)ncc2F)c(F)c1Cl. The van der Waals surface area contributed by atoms with Gasteiger partial charge in [-0.25, -0.2) is 18.2 Å². The third-order valence-corrected chi connectivity index (χ3v) is 5.45. The van der Waals surface area contributed by atoms with Crippen LogP contribution in [-0.4, -0.2) is 47.3 Å². The molecule has 14 heteroatoms. The summed E-state index contributed by atoms with van der Waals surface area (Å²) in [5.74, 6) is -7.27. The number of carbonyl (C=O) groups is 1. The van der Waals surface area contributed by atoms with Crippen molar-refractivity contribution in [3.63, 3.8) is 0 Å². The number of methoxy groups -OCH3 is 1. The van der Waals surface area contributed by atoms with Gasteiger partial charge >= 0.3 is 0 Å². The second kappa shape index (κ2) is 10.4. The van der Waals surface area contributed by atoms with Crippen molar-refractivity contribution in [3.05, 3.63) is 58.3 Å². The van der Waals surface area contributed by atoms with Crippen molar-refractivity contribution in [1.29, 1.82) is 0 Å². The highest BCUT2D eigenvalue weighted by atomic mass is 35.5. The summed E-state index contributed by atoms with van der Waals surface area (Å²) in [5.41, 5.74) is 0.0707. The van der Waals surface area contributed by atoms with E-state index in [2.05, 4.69) is 30.7 Å². The average Bonchev–Trinajstić information content (AvgIpc) is 3.30. The molecule has 0 saturated heterocycles. The van der Waals surface area contributed by atoms with Gasteiger partial charge in [0.25, 0.3) is 5.91 Å². The first-order chi connectivity index (χ1) is 17.2. The van der Waals surface area contributed by atoms with Crippen LogP contribution < -0.4 is 25.4 Å². The number of amides is 1. The molecule has 0 bridgehead atoms. The number of benzene rings is 2. The molecule has 1 aliphatic heterocycles. The van der Waals surface area contributed by atoms with Gasteiger partial charge in [-0.1, -0.05) is 11.6 Å². The number of nitrogens with one attached hydrogen (secondary N) is 3. The summed E-state index contributed by atoms with van der Waals surface area (Å²) in [4.78, 5) is 19.7. The Morgan fingerprint density at radius 2 is 2.00 bits per heavy atom. The molecular weight excluding hydrogens is 510 g/mol. The molecule has 9 nitrogen and oxygen atoms in total. The van der Waals surface area contributed by atoms with E-state index >= 15 is 0 Å². The fourth-order valence-electron chi connectivity index (χ4n) is 3.43. The van der Waals surface area contributed by atoms with E-state index in [1.54, 1.807) is 18.2 Å². The standard InChI is InChI=1S/C22H18ClF4N5O4/c1-35-19-14(23)15(25)18(16(26)17(19)27)31-20-11(24)8-29-22(32-20)30-10-2-3-12-9(6-10)7-13(36-12)21(34)28-4-5-33/h2-3,6,8,13,33H,4-5,7H2,1H3,(H,28,34)(H2,29,30,31,32). The molecule has 1 atom stereocenters. The maximum absolute atomic E-state index is 14.5. The van der Waals surface area contributed by atoms with E-state index in [0.29, 0.717) is 17.0 Å². The topological polar surface area (TPSA) is 118 Å². The predicted molar refractivity (Wildman–Crippen MR) is 121 cm³/mol. The number of aliphatic hydroxyl groups is 1. The highest BCUT2D eigenvalue weighted by Crippen LogP contribution is 2.39. The minimum atomic E-state index is -1.68.